The average Bonchev–Trinajstić information content (AvgIpc) is 2.35. The third kappa shape index (κ3) is 3.59. The summed E-state index contributed by atoms with van der Waals surface area (Å²) in [5.41, 5.74) is 3.99. The minimum absolute atomic E-state index is 0.480. The third-order valence-corrected chi connectivity index (χ3v) is 3.53. The zero-order valence-corrected chi connectivity index (χ0v) is 11.8. The zero-order valence-electron chi connectivity index (χ0n) is 11.8. The van der Waals surface area contributed by atoms with Gasteiger partial charge in [-0.1, -0.05) is 39.2 Å². The van der Waals surface area contributed by atoms with Crippen LogP contribution in [-0.2, 0) is 12.8 Å². The quantitative estimate of drug-likeness (QED) is 0.727. The van der Waals surface area contributed by atoms with Crippen LogP contribution in [0.25, 0.3) is 0 Å². The number of unbranched alkanes of at least 4 members (excludes halogenated alkanes) is 3. The van der Waals surface area contributed by atoms with Gasteiger partial charge in [0.25, 0.3) is 0 Å². The Labute approximate surface area is 110 Å². The minimum Gasteiger partial charge on any atom is -0.478 e. The molecule has 0 heterocycles. The van der Waals surface area contributed by atoms with Gasteiger partial charge in [0, 0.05) is 0 Å². The summed E-state index contributed by atoms with van der Waals surface area (Å²) in [4.78, 5) is 11.2. The van der Waals surface area contributed by atoms with Crippen LogP contribution in [0.5, 0.6) is 0 Å². The van der Waals surface area contributed by atoms with Crippen LogP contribution in [0.3, 0.4) is 0 Å². The maximum atomic E-state index is 11.2. The second-order valence-electron chi connectivity index (χ2n) is 4.86. The smallest absolute Gasteiger partial charge is 0.335 e. The first-order valence-corrected chi connectivity index (χ1v) is 6.96. The molecule has 0 aliphatic carbocycles. The van der Waals surface area contributed by atoms with Crippen LogP contribution in [0.4, 0.5) is 0 Å². The Balaban J connectivity index is 2.93. The molecule has 1 N–H and O–H groups in total. The summed E-state index contributed by atoms with van der Waals surface area (Å²) in [6.07, 6.45) is 6.69. The zero-order chi connectivity index (χ0) is 13.5. The Morgan fingerprint density at radius 3 is 2.39 bits per heavy atom. The molecule has 0 bridgehead atoms. The van der Waals surface area contributed by atoms with Crippen molar-refractivity contribution in [3.63, 3.8) is 0 Å². The molecule has 0 fully saturated rings. The Hall–Kier alpha value is -1.31. The van der Waals surface area contributed by atoms with Crippen LogP contribution in [0.15, 0.2) is 12.1 Å². The van der Waals surface area contributed by atoms with Crippen molar-refractivity contribution < 1.29 is 9.90 Å². The van der Waals surface area contributed by atoms with E-state index in [4.69, 9.17) is 0 Å². The monoisotopic (exact) mass is 248 g/mol. The molecule has 1 rings (SSSR count). The Bertz CT molecular complexity index is 408. The van der Waals surface area contributed by atoms with E-state index in [1.807, 2.05) is 13.0 Å². The summed E-state index contributed by atoms with van der Waals surface area (Å²) >= 11 is 0. The molecular weight excluding hydrogens is 224 g/mol. The fourth-order valence-corrected chi connectivity index (χ4v) is 2.49. The average molecular weight is 248 g/mol. The van der Waals surface area contributed by atoms with Gasteiger partial charge < -0.3 is 5.11 Å². The van der Waals surface area contributed by atoms with Gasteiger partial charge in [0.15, 0.2) is 0 Å². The Kier molecular flexibility index (Phi) is 5.90. The van der Waals surface area contributed by atoms with Crippen LogP contribution in [0, 0.1) is 6.92 Å². The van der Waals surface area contributed by atoms with E-state index >= 15 is 0 Å². The first kappa shape index (κ1) is 14.7. The highest BCUT2D eigenvalue weighted by atomic mass is 16.4. The number of aryl methyl sites for hydroxylation is 1. The highest BCUT2D eigenvalue weighted by Crippen LogP contribution is 2.22. The van der Waals surface area contributed by atoms with Crippen molar-refractivity contribution in [3.05, 3.63) is 34.4 Å². The lowest BCUT2D eigenvalue weighted by atomic mass is 9.91. The third-order valence-electron chi connectivity index (χ3n) is 3.53. The summed E-state index contributed by atoms with van der Waals surface area (Å²) in [6.45, 7) is 6.32. The van der Waals surface area contributed by atoms with E-state index in [2.05, 4.69) is 13.8 Å². The van der Waals surface area contributed by atoms with Crippen LogP contribution in [-0.4, -0.2) is 11.1 Å². The minimum atomic E-state index is -0.804. The number of hydrogen-bond acceptors (Lipinski definition) is 1. The van der Waals surface area contributed by atoms with Crippen LogP contribution >= 0.6 is 0 Å². The van der Waals surface area contributed by atoms with E-state index in [1.54, 1.807) is 6.07 Å². The molecule has 18 heavy (non-hydrogen) atoms. The molecule has 100 valence electrons. The van der Waals surface area contributed by atoms with E-state index in [0.29, 0.717) is 5.56 Å². The summed E-state index contributed by atoms with van der Waals surface area (Å²) in [5.74, 6) is -0.804. The highest BCUT2D eigenvalue weighted by molar-refractivity contribution is 5.90. The lowest BCUT2D eigenvalue weighted by Gasteiger charge is -2.14. The lowest BCUT2D eigenvalue weighted by molar-refractivity contribution is 0.0695. The fraction of sp³-hybridized carbons (Fsp3) is 0.562. The van der Waals surface area contributed by atoms with E-state index in [0.717, 1.165) is 24.8 Å². The maximum absolute atomic E-state index is 11.2. The number of aromatic carboxylic acids is 1. The lowest BCUT2D eigenvalue weighted by Crippen LogP contribution is -2.07. The molecular formula is C16H24O2. The molecule has 0 unspecified atom stereocenters. The van der Waals surface area contributed by atoms with Crippen molar-refractivity contribution >= 4 is 5.97 Å². The van der Waals surface area contributed by atoms with Crippen LogP contribution in [0.2, 0.25) is 0 Å². The van der Waals surface area contributed by atoms with Gasteiger partial charge in [0.2, 0.25) is 0 Å². The number of carboxylic acid groups (broad SMARTS) is 1. The molecule has 2 heteroatoms. The van der Waals surface area contributed by atoms with Gasteiger partial charge in [-0.15, -0.1) is 0 Å². The molecule has 0 atom stereocenters. The first-order chi connectivity index (χ1) is 8.61. The summed E-state index contributed by atoms with van der Waals surface area (Å²) in [6, 6.07) is 3.68. The van der Waals surface area contributed by atoms with Gasteiger partial charge >= 0.3 is 5.97 Å². The number of benzene rings is 1. The predicted molar refractivity (Wildman–Crippen MR) is 75.4 cm³/mol. The first-order valence-electron chi connectivity index (χ1n) is 6.96. The van der Waals surface area contributed by atoms with Crippen molar-refractivity contribution in [2.24, 2.45) is 0 Å². The fourth-order valence-electron chi connectivity index (χ4n) is 2.49. The molecule has 2 nitrogen and oxygen atoms in total. The molecule has 1 aromatic carbocycles. The highest BCUT2D eigenvalue weighted by Gasteiger charge is 2.14. The standard InChI is InChI=1S/C16H24O2/c1-4-6-7-8-9-14-12(3)10-11-15(16(17)18)13(14)5-2/h10-11H,4-9H2,1-3H3,(H,17,18). The summed E-state index contributed by atoms with van der Waals surface area (Å²) in [5, 5.41) is 9.22. The summed E-state index contributed by atoms with van der Waals surface area (Å²) < 4.78 is 0. The van der Waals surface area contributed by atoms with Crippen molar-refractivity contribution in [2.75, 3.05) is 0 Å². The second-order valence-corrected chi connectivity index (χ2v) is 4.86. The van der Waals surface area contributed by atoms with E-state index < -0.39 is 5.97 Å². The van der Waals surface area contributed by atoms with Crippen molar-refractivity contribution in [3.8, 4) is 0 Å². The van der Waals surface area contributed by atoms with Crippen LogP contribution < -0.4 is 0 Å². The summed E-state index contributed by atoms with van der Waals surface area (Å²) in [7, 11) is 0. The SMILES string of the molecule is CCCCCCc1c(C)ccc(C(=O)O)c1CC. The maximum Gasteiger partial charge on any atom is 0.335 e. The second kappa shape index (κ2) is 7.20. The molecule has 0 aromatic heterocycles. The van der Waals surface area contributed by atoms with Crippen LogP contribution in [0.1, 0.15) is 66.6 Å². The van der Waals surface area contributed by atoms with Gasteiger partial charge in [-0.2, -0.15) is 0 Å². The molecule has 0 saturated carbocycles. The molecule has 0 aliphatic rings. The largest absolute Gasteiger partial charge is 0.478 e. The number of carbonyl (C=O) groups is 1. The van der Waals surface area contributed by atoms with E-state index in [-0.39, 0.29) is 0 Å². The van der Waals surface area contributed by atoms with Crippen molar-refractivity contribution in [1.82, 2.24) is 0 Å². The number of carboxylic acids is 1. The predicted octanol–water partition coefficient (Wildman–Crippen LogP) is 4.38. The molecule has 0 spiro atoms. The van der Waals surface area contributed by atoms with Gasteiger partial charge in [0.05, 0.1) is 5.56 Å². The Morgan fingerprint density at radius 2 is 1.83 bits per heavy atom. The topological polar surface area (TPSA) is 37.3 Å². The Morgan fingerprint density at radius 1 is 1.11 bits per heavy atom. The van der Waals surface area contributed by atoms with Crippen molar-refractivity contribution in [2.45, 2.75) is 59.3 Å². The molecule has 0 aliphatic heterocycles. The van der Waals surface area contributed by atoms with Gasteiger partial charge in [-0.05, 0) is 48.9 Å². The van der Waals surface area contributed by atoms with Gasteiger partial charge in [0.1, 0.15) is 0 Å². The molecule has 1 aromatic rings. The van der Waals surface area contributed by atoms with E-state index in [1.165, 1.54) is 30.4 Å². The number of rotatable bonds is 7. The van der Waals surface area contributed by atoms with Gasteiger partial charge in [-0.25, -0.2) is 4.79 Å². The van der Waals surface area contributed by atoms with Gasteiger partial charge in [-0.3, -0.25) is 0 Å². The number of hydrogen-bond donors (Lipinski definition) is 1. The molecule has 0 radical (unpaired) electrons. The molecule has 0 amide bonds. The molecule has 0 saturated heterocycles. The van der Waals surface area contributed by atoms with E-state index in [9.17, 15) is 9.90 Å². The normalized spacial score (nSPS) is 10.6. The van der Waals surface area contributed by atoms with Crippen molar-refractivity contribution in [1.29, 1.82) is 0 Å².